The monoisotopic (exact) mass is 265 g/mol. The van der Waals surface area contributed by atoms with Gasteiger partial charge in [-0.1, -0.05) is 6.07 Å². The largest absolute Gasteiger partial charge is 0.399 e. The lowest BCUT2D eigenvalue weighted by molar-refractivity contribution is -0.117. The minimum Gasteiger partial charge on any atom is -0.399 e. The third-order valence-electron chi connectivity index (χ3n) is 2.88. The quantitative estimate of drug-likeness (QED) is 0.676. The molecule has 0 radical (unpaired) electrons. The van der Waals surface area contributed by atoms with E-state index in [-0.39, 0.29) is 12.0 Å². The average molecular weight is 265 g/mol. The summed E-state index contributed by atoms with van der Waals surface area (Å²) in [6.07, 6.45) is 0.308. The van der Waals surface area contributed by atoms with E-state index in [4.69, 9.17) is 5.73 Å². The molecule has 1 unspecified atom stereocenters. The summed E-state index contributed by atoms with van der Waals surface area (Å²) in [6.45, 7) is 4.64. The van der Waals surface area contributed by atoms with Crippen LogP contribution in [0.1, 0.15) is 18.9 Å². The van der Waals surface area contributed by atoms with Gasteiger partial charge in [-0.05, 0) is 45.0 Å². The molecule has 0 aliphatic rings. The Morgan fingerprint density at radius 3 is 2.84 bits per heavy atom. The lowest BCUT2D eigenvalue weighted by atomic mass is 10.2. The Kier molecular flexibility index (Phi) is 5.79. The fourth-order valence-electron chi connectivity index (χ4n) is 1.70. The van der Waals surface area contributed by atoms with Crippen molar-refractivity contribution in [1.82, 2.24) is 4.90 Å². The predicted octanol–water partition coefficient (Wildman–Crippen LogP) is 1.22. The number of carbonyl (C=O) groups excluding carboxylic acids is 1. The molecule has 0 saturated heterocycles. The molecule has 1 rings (SSSR count). The van der Waals surface area contributed by atoms with Gasteiger partial charge in [0.05, 0.1) is 12.6 Å². The molecule has 0 aromatic heterocycles. The van der Waals surface area contributed by atoms with Crippen molar-refractivity contribution >= 4 is 17.3 Å². The van der Waals surface area contributed by atoms with Gasteiger partial charge in [-0.3, -0.25) is 9.69 Å². The summed E-state index contributed by atoms with van der Waals surface area (Å²) < 4.78 is 0. The van der Waals surface area contributed by atoms with E-state index in [9.17, 15) is 9.90 Å². The molecule has 4 N–H and O–H groups in total. The Hall–Kier alpha value is -1.59. The average Bonchev–Trinajstić information content (AvgIpc) is 2.31. The maximum absolute atomic E-state index is 11.9. The number of nitrogens with two attached hydrogens (primary N) is 1. The van der Waals surface area contributed by atoms with E-state index in [0.717, 1.165) is 11.3 Å². The molecule has 0 spiro atoms. The van der Waals surface area contributed by atoms with Gasteiger partial charge >= 0.3 is 0 Å². The Bertz CT molecular complexity index is 433. The number of anilines is 2. The highest BCUT2D eigenvalue weighted by molar-refractivity contribution is 5.93. The number of nitrogens with one attached hydrogen (secondary N) is 1. The number of amides is 1. The third-order valence-corrected chi connectivity index (χ3v) is 2.88. The Labute approximate surface area is 114 Å². The van der Waals surface area contributed by atoms with Crippen LogP contribution < -0.4 is 11.1 Å². The third kappa shape index (κ3) is 5.72. The first-order valence-corrected chi connectivity index (χ1v) is 6.41. The molecule has 106 valence electrons. The molecule has 0 saturated carbocycles. The number of nitrogen functional groups attached to an aromatic ring is 1. The first-order chi connectivity index (χ1) is 8.88. The van der Waals surface area contributed by atoms with Crippen LogP contribution >= 0.6 is 0 Å². The highest BCUT2D eigenvalue weighted by atomic mass is 16.3. The van der Waals surface area contributed by atoms with Gasteiger partial charge in [-0.2, -0.15) is 0 Å². The van der Waals surface area contributed by atoms with Crippen LogP contribution in [-0.4, -0.2) is 42.2 Å². The number of aliphatic hydroxyl groups is 1. The number of hydrogen-bond donors (Lipinski definition) is 3. The van der Waals surface area contributed by atoms with Crippen molar-refractivity contribution < 1.29 is 9.90 Å². The molecule has 1 atom stereocenters. The van der Waals surface area contributed by atoms with Crippen molar-refractivity contribution in [2.45, 2.75) is 26.4 Å². The van der Waals surface area contributed by atoms with E-state index in [2.05, 4.69) is 5.32 Å². The van der Waals surface area contributed by atoms with Crippen LogP contribution in [0.3, 0.4) is 0 Å². The lowest BCUT2D eigenvalue weighted by Crippen LogP contribution is -2.32. The van der Waals surface area contributed by atoms with Crippen molar-refractivity contribution in [2.24, 2.45) is 0 Å². The number of rotatable bonds is 6. The Balaban J connectivity index is 2.48. The fraction of sp³-hybridized carbons (Fsp3) is 0.500. The number of hydrogen-bond acceptors (Lipinski definition) is 4. The van der Waals surface area contributed by atoms with Crippen molar-refractivity contribution in [3.05, 3.63) is 23.8 Å². The van der Waals surface area contributed by atoms with Crippen LogP contribution in [0.15, 0.2) is 18.2 Å². The van der Waals surface area contributed by atoms with E-state index in [1.165, 1.54) is 0 Å². The summed E-state index contributed by atoms with van der Waals surface area (Å²) >= 11 is 0. The van der Waals surface area contributed by atoms with Crippen LogP contribution in [0.25, 0.3) is 0 Å². The van der Waals surface area contributed by atoms with Crippen molar-refractivity contribution in [1.29, 1.82) is 0 Å². The van der Waals surface area contributed by atoms with E-state index in [1.807, 2.05) is 24.9 Å². The minimum absolute atomic E-state index is 0.0817. The minimum atomic E-state index is -0.346. The second-order valence-corrected chi connectivity index (χ2v) is 5.00. The molecular weight excluding hydrogens is 242 g/mol. The number of nitrogens with zero attached hydrogens (tertiary/aromatic N) is 1. The first kappa shape index (κ1) is 15.5. The number of likely N-dealkylation sites (N-methyl/N-ethyl adjacent to an activating group) is 1. The van der Waals surface area contributed by atoms with Gasteiger partial charge in [0.2, 0.25) is 5.91 Å². The molecule has 1 aromatic rings. The van der Waals surface area contributed by atoms with E-state index < -0.39 is 0 Å². The number of aliphatic hydroxyl groups excluding tert-OH is 1. The number of carbonyl (C=O) groups is 1. The maximum atomic E-state index is 11.9. The van der Waals surface area contributed by atoms with Gasteiger partial charge in [0.15, 0.2) is 0 Å². The fourth-order valence-corrected chi connectivity index (χ4v) is 1.70. The van der Waals surface area contributed by atoms with Crippen LogP contribution in [-0.2, 0) is 4.79 Å². The second-order valence-electron chi connectivity index (χ2n) is 5.00. The Morgan fingerprint density at radius 2 is 2.21 bits per heavy atom. The topological polar surface area (TPSA) is 78.6 Å². The summed E-state index contributed by atoms with van der Waals surface area (Å²) in [7, 11) is 1.86. The molecule has 0 fully saturated rings. The van der Waals surface area contributed by atoms with Crippen LogP contribution in [0.5, 0.6) is 0 Å². The normalized spacial score (nSPS) is 12.5. The van der Waals surface area contributed by atoms with Crippen molar-refractivity contribution in [3.63, 3.8) is 0 Å². The standard InChI is InChI=1S/C14H23N3O2/c1-10-4-5-12(15)8-13(10)16-14(19)9-17(3)7-6-11(2)18/h4-5,8,11,18H,6-7,9,15H2,1-3H3,(H,16,19). The highest BCUT2D eigenvalue weighted by Gasteiger charge is 2.09. The van der Waals surface area contributed by atoms with Gasteiger partial charge < -0.3 is 16.2 Å². The molecule has 0 bridgehead atoms. The molecule has 5 heteroatoms. The SMILES string of the molecule is Cc1ccc(N)cc1NC(=O)CN(C)CCC(C)O. The summed E-state index contributed by atoms with van der Waals surface area (Å²) in [5.74, 6) is -0.0817. The van der Waals surface area contributed by atoms with Gasteiger partial charge in [0, 0.05) is 17.9 Å². The van der Waals surface area contributed by atoms with Gasteiger partial charge in [-0.15, -0.1) is 0 Å². The molecular formula is C14H23N3O2. The van der Waals surface area contributed by atoms with E-state index in [0.29, 0.717) is 25.2 Å². The molecule has 0 aliphatic carbocycles. The Morgan fingerprint density at radius 1 is 1.53 bits per heavy atom. The zero-order chi connectivity index (χ0) is 14.4. The lowest BCUT2D eigenvalue weighted by Gasteiger charge is -2.17. The van der Waals surface area contributed by atoms with Gasteiger partial charge in [-0.25, -0.2) is 0 Å². The van der Waals surface area contributed by atoms with Crippen LogP contribution in [0, 0.1) is 6.92 Å². The first-order valence-electron chi connectivity index (χ1n) is 6.41. The summed E-state index contributed by atoms with van der Waals surface area (Å²) in [5, 5.41) is 12.0. The molecule has 5 nitrogen and oxygen atoms in total. The second kappa shape index (κ2) is 7.11. The molecule has 1 aromatic carbocycles. The predicted molar refractivity (Wildman–Crippen MR) is 78.0 cm³/mol. The summed E-state index contributed by atoms with van der Waals surface area (Å²) in [5.41, 5.74) is 8.05. The summed E-state index contributed by atoms with van der Waals surface area (Å²) in [4.78, 5) is 13.8. The summed E-state index contributed by atoms with van der Waals surface area (Å²) in [6, 6.07) is 5.44. The number of aryl methyl sites for hydroxylation is 1. The van der Waals surface area contributed by atoms with Gasteiger partial charge in [0.25, 0.3) is 0 Å². The molecule has 0 aliphatic heterocycles. The molecule has 1 amide bonds. The van der Waals surface area contributed by atoms with Crippen molar-refractivity contribution in [3.8, 4) is 0 Å². The zero-order valence-corrected chi connectivity index (χ0v) is 11.8. The molecule has 0 heterocycles. The number of benzene rings is 1. The smallest absolute Gasteiger partial charge is 0.238 e. The molecule has 19 heavy (non-hydrogen) atoms. The van der Waals surface area contributed by atoms with Crippen LogP contribution in [0.4, 0.5) is 11.4 Å². The maximum Gasteiger partial charge on any atom is 0.238 e. The van der Waals surface area contributed by atoms with Crippen molar-refractivity contribution in [2.75, 3.05) is 31.2 Å². The van der Waals surface area contributed by atoms with Gasteiger partial charge in [0.1, 0.15) is 0 Å². The highest BCUT2D eigenvalue weighted by Crippen LogP contribution is 2.17. The van der Waals surface area contributed by atoms with E-state index in [1.54, 1.807) is 19.1 Å². The zero-order valence-electron chi connectivity index (χ0n) is 11.8. The van der Waals surface area contributed by atoms with E-state index >= 15 is 0 Å². The van der Waals surface area contributed by atoms with Crippen LogP contribution in [0.2, 0.25) is 0 Å².